The molecule has 1 saturated carbocycles. The molecular weight excluding hydrogens is 352 g/mol. The second-order valence-corrected chi connectivity index (χ2v) is 6.98. The Morgan fingerprint density at radius 1 is 1.08 bits per heavy atom. The lowest BCUT2D eigenvalue weighted by atomic mass is 9.87. The molecule has 0 aromatic rings. The highest BCUT2D eigenvalue weighted by atomic mass is 32.3. The molecular formula is C12H24O11S. The van der Waals surface area contributed by atoms with Crippen molar-refractivity contribution in [2.45, 2.75) is 49.5 Å². The third kappa shape index (κ3) is 5.56. The van der Waals surface area contributed by atoms with Crippen molar-refractivity contribution in [3.63, 3.8) is 0 Å². The molecule has 144 valence electrons. The molecule has 0 aromatic heterocycles. The van der Waals surface area contributed by atoms with Crippen LogP contribution in [0.15, 0.2) is 0 Å². The lowest BCUT2D eigenvalue weighted by Crippen LogP contribution is -2.49. The number of hydrogen-bond donors (Lipinski definition) is 8. The Kier molecular flexibility index (Phi) is 7.93. The van der Waals surface area contributed by atoms with Crippen LogP contribution in [0.3, 0.4) is 0 Å². The monoisotopic (exact) mass is 376 g/mol. The number of aliphatic hydroxyl groups is 7. The van der Waals surface area contributed by atoms with Crippen LogP contribution in [0.25, 0.3) is 0 Å². The smallest absolute Gasteiger partial charge is 0.396 e. The van der Waals surface area contributed by atoms with E-state index in [1.807, 2.05) is 0 Å². The van der Waals surface area contributed by atoms with E-state index in [-0.39, 0.29) is 12.8 Å². The number of aliphatic hydroxyl groups excluding tert-OH is 7. The molecule has 12 heteroatoms. The Morgan fingerprint density at radius 2 is 1.67 bits per heavy atom. The Bertz CT molecular complexity index is 483. The van der Waals surface area contributed by atoms with Crippen molar-refractivity contribution >= 4 is 10.4 Å². The molecule has 0 aliphatic heterocycles. The first-order valence-corrected chi connectivity index (χ1v) is 8.66. The zero-order chi connectivity index (χ0) is 18.7. The largest absolute Gasteiger partial charge is 0.397 e. The van der Waals surface area contributed by atoms with Gasteiger partial charge in [0.05, 0.1) is 24.9 Å². The van der Waals surface area contributed by atoms with Crippen LogP contribution in [0.4, 0.5) is 0 Å². The molecule has 8 N–H and O–H groups in total. The van der Waals surface area contributed by atoms with Gasteiger partial charge in [0.25, 0.3) is 0 Å². The maximum Gasteiger partial charge on any atom is 0.397 e. The molecule has 1 aliphatic rings. The van der Waals surface area contributed by atoms with Gasteiger partial charge >= 0.3 is 10.4 Å². The van der Waals surface area contributed by atoms with E-state index in [1.165, 1.54) is 0 Å². The molecule has 1 unspecified atom stereocenters. The molecule has 0 aromatic carbocycles. The summed E-state index contributed by atoms with van der Waals surface area (Å²) in [4.78, 5) is 0. The molecule has 0 spiro atoms. The molecule has 1 aliphatic carbocycles. The van der Waals surface area contributed by atoms with E-state index >= 15 is 0 Å². The molecule has 8 atom stereocenters. The van der Waals surface area contributed by atoms with Crippen LogP contribution in [0.1, 0.15) is 12.8 Å². The number of rotatable bonds is 9. The summed E-state index contributed by atoms with van der Waals surface area (Å²) in [6, 6.07) is 0. The second kappa shape index (κ2) is 8.80. The van der Waals surface area contributed by atoms with E-state index in [1.54, 1.807) is 0 Å². The third-order valence-electron chi connectivity index (χ3n) is 4.27. The quantitative estimate of drug-likeness (QED) is 0.182. The molecule has 0 amide bonds. The van der Waals surface area contributed by atoms with Gasteiger partial charge in [-0.3, -0.25) is 4.55 Å². The summed E-state index contributed by atoms with van der Waals surface area (Å²) >= 11 is 0. The van der Waals surface area contributed by atoms with E-state index in [0.717, 1.165) is 0 Å². The van der Waals surface area contributed by atoms with E-state index in [2.05, 4.69) is 4.18 Å². The minimum Gasteiger partial charge on any atom is -0.396 e. The topological polar surface area (TPSA) is 205 Å². The molecule has 0 bridgehead atoms. The zero-order valence-corrected chi connectivity index (χ0v) is 13.5. The summed E-state index contributed by atoms with van der Waals surface area (Å²) in [5.41, 5.74) is 0. The van der Waals surface area contributed by atoms with Gasteiger partial charge in [0.1, 0.15) is 18.3 Å². The highest BCUT2D eigenvalue weighted by molar-refractivity contribution is 7.80. The average Bonchev–Trinajstić information content (AvgIpc) is 2.76. The second-order valence-electron chi connectivity index (χ2n) is 5.93. The Balaban J connectivity index is 2.89. The maximum absolute atomic E-state index is 10.9. The summed E-state index contributed by atoms with van der Waals surface area (Å²) in [6.45, 7) is -1.46. The molecule has 0 radical (unpaired) electrons. The lowest BCUT2D eigenvalue weighted by Gasteiger charge is -2.30. The fraction of sp³-hybridized carbons (Fsp3) is 1.00. The van der Waals surface area contributed by atoms with Crippen molar-refractivity contribution < 1.29 is 52.9 Å². The maximum atomic E-state index is 10.9. The SMILES string of the molecule is O=S(=O)(O)O[C@H]([C@H](O)[C@@H](O)CO)[C@H](O)CC1C[C@@H](O)[C@H](O)[C@H]1CO. The Morgan fingerprint density at radius 3 is 2.12 bits per heavy atom. The molecule has 1 rings (SSSR count). The van der Waals surface area contributed by atoms with Gasteiger partial charge in [0.2, 0.25) is 0 Å². The van der Waals surface area contributed by atoms with Crippen LogP contribution in [0.2, 0.25) is 0 Å². The minimum absolute atomic E-state index is 0.000692. The molecule has 0 saturated heterocycles. The van der Waals surface area contributed by atoms with E-state index in [0.29, 0.717) is 0 Å². The summed E-state index contributed by atoms with van der Waals surface area (Å²) in [7, 11) is -5.09. The standard InChI is InChI=1S/C12H24O11S/c13-3-6-5(1-7(15)10(6)18)2-8(16)12(23-24(20,21)22)11(19)9(17)4-14/h5-19H,1-4H2,(H,20,21,22)/t5?,6-,7+,8+,9-,10+,11+,12-/m0/s1. The van der Waals surface area contributed by atoms with E-state index in [9.17, 15) is 39.1 Å². The van der Waals surface area contributed by atoms with Crippen LogP contribution in [-0.2, 0) is 14.6 Å². The average molecular weight is 376 g/mol. The van der Waals surface area contributed by atoms with Gasteiger partial charge < -0.3 is 35.7 Å². The van der Waals surface area contributed by atoms with Crippen LogP contribution in [0, 0.1) is 11.8 Å². The van der Waals surface area contributed by atoms with Gasteiger partial charge in [-0.1, -0.05) is 0 Å². The Labute approximate surface area is 138 Å². The molecule has 0 heterocycles. The molecule has 11 nitrogen and oxygen atoms in total. The molecule has 24 heavy (non-hydrogen) atoms. The van der Waals surface area contributed by atoms with Crippen molar-refractivity contribution in [3.05, 3.63) is 0 Å². The predicted molar refractivity (Wildman–Crippen MR) is 76.8 cm³/mol. The predicted octanol–water partition coefficient (Wildman–Crippen LogP) is -4.01. The lowest BCUT2D eigenvalue weighted by molar-refractivity contribution is -0.110. The van der Waals surface area contributed by atoms with Crippen molar-refractivity contribution in [1.82, 2.24) is 0 Å². The zero-order valence-electron chi connectivity index (χ0n) is 12.7. The van der Waals surface area contributed by atoms with Crippen molar-refractivity contribution in [3.8, 4) is 0 Å². The van der Waals surface area contributed by atoms with Gasteiger partial charge in [-0.25, -0.2) is 4.18 Å². The third-order valence-corrected chi connectivity index (χ3v) is 4.73. The molecule has 1 fully saturated rings. The normalized spacial score (nSPS) is 33.2. The van der Waals surface area contributed by atoms with Crippen molar-refractivity contribution in [2.24, 2.45) is 11.8 Å². The first kappa shape index (κ1) is 21.6. The van der Waals surface area contributed by atoms with E-state index < -0.39 is 72.1 Å². The fourth-order valence-electron chi connectivity index (χ4n) is 2.98. The summed E-state index contributed by atoms with van der Waals surface area (Å²) in [5, 5.41) is 66.7. The summed E-state index contributed by atoms with van der Waals surface area (Å²) < 4.78 is 34.7. The summed E-state index contributed by atoms with van der Waals surface area (Å²) in [5.74, 6) is -1.43. The van der Waals surface area contributed by atoms with Crippen LogP contribution in [-0.4, -0.2) is 98.6 Å². The highest BCUT2D eigenvalue weighted by Gasteiger charge is 2.44. The van der Waals surface area contributed by atoms with E-state index in [4.69, 9.17) is 9.66 Å². The van der Waals surface area contributed by atoms with Gasteiger partial charge in [-0.05, 0) is 18.8 Å². The first-order valence-electron chi connectivity index (χ1n) is 7.29. The first-order chi connectivity index (χ1) is 11.0. The van der Waals surface area contributed by atoms with Gasteiger partial charge in [0, 0.05) is 12.5 Å². The van der Waals surface area contributed by atoms with Crippen molar-refractivity contribution in [1.29, 1.82) is 0 Å². The van der Waals surface area contributed by atoms with Crippen LogP contribution >= 0.6 is 0 Å². The summed E-state index contributed by atoms with van der Waals surface area (Å²) in [6.07, 6.45) is -10.3. The fourth-order valence-corrected chi connectivity index (χ4v) is 3.50. The van der Waals surface area contributed by atoms with Gasteiger partial charge in [0.15, 0.2) is 0 Å². The number of hydrogen-bond acceptors (Lipinski definition) is 10. The Hall–Kier alpha value is -0.410. The van der Waals surface area contributed by atoms with Gasteiger partial charge in [-0.2, -0.15) is 8.42 Å². The van der Waals surface area contributed by atoms with Crippen molar-refractivity contribution in [2.75, 3.05) is 13.2 Å². The van der Waals surface area contributed by atoms with Crippen LogP contribution < -0.4 is 0 Å². The highest BCUT2D eigenvalue weighted by Crippen LogP contribution is 2.36. The van der Waals surface area contributed by atoms with Crippen LogP contribution in [0.5, 0.6) is 0 Å². The minimum atomic E-state index is -5.09. The van der Waals surface area contributed by atoms with Gasteiger partial charge in [-0.15, -0.1) is 0 Å².